The highest BCUT2D eigenvalue weighted by molar-refractivity contribution is 7.00. The van der Waals surface area contributed by atoms with Crippen molar-refractivity contribution in [1.82, 2.24) is 0 Å². The van der Waals surface area contributed by atoms with E-state index in [1.54, 1.807) is 0 Å². The highest BCUT2D eigenvalue weighted by atomic mass is 14.3. The van der Waals surface area contributed by atoms with Gasteiger partial charge in [-0.15, -0.1) is 0 Å². The molecule has 0 saturated heterocycles. The van der Waals surface area contributed by atoms with Gasteiger partial charge in [-0.05, 0) is 141 Å². The zero-order valence-electron chi connectivity index (χ0n) is 38.5. The van der Waals surface area contributed by atoms with Gasteiger partial charge < -0.3 is 0 Å². The van der Waals surface area contributed by atoms with Gasteiger partial charge in [0.2, 0.25) is 13.4 Å². The summed E-state index contributed by atoms with van der Waals surface area (Å²) in [5, 5.41) is 10.4. The Morgan fingerprint density at radius 1 is 0.273 bits per heavy atom. The number of hydrogen-bond acceptors (Lipinski definition) is 0. The lowest BCUT2D eigenvalue weighted by atomic mass is 9.37. The van der Waals surface area contributed by atoms with E-state index in [2.05, 4.69) is 224 Å². The van der Waals surface area contributed by atoms with Crippen LogP contribution in [0.4, 0.5) is 0 Å². The number of rotatable bonds is 4. The van der Waals surface area contributed by atoms with Gasteiger partial charge in [0.15, 0.2) is 0 Å². The Labute approximate surface area is 388 Å². The van der Waals surface area contributed by atoms with E-state index in [0.29, 0.717) is 0 Å². The SMILES string of the molecule is Cc1cc(C)c(B2c3cc4c(-c5ccccc5)c5cc6c(cc5c(-c5ccccc5)c4cc3-c3c2ccc2ccccc32)B(c2c(C)cc(C)cc2C)c2ccc3ccccc3c2-6)c(C)c1. The molecule has 310 valence electrons. The van der Waals surface area contributed by atoms with Crippen molar-refractivity contribution >= 4 is 89.3 Å². The lowest BCUT2D eigenvalue weighted by Gasteiger charge is -2.23. The van der Waals surface area contributed by atoms with Crippen LogP contribution in [0.3, 0.4) is 0 Å². The molecule has 2 heterocycles. The summed E-state index contributed by atoms with van der Waals surface area (Å²) in [5.41, 5.74) is 27.0. The lowest BCUT2D eigenvalue weighted by Crippen LogP contribution is -2.51. The fourth-order valence-corrected chi connectivity index (χ4v) is 13.0. The van der Waals surface area contributed by atoms with Crippen LogP contribution < -0.4 is 32.8 Å². The minimum atomic E-state index is 0.101. The van der Waals surface area contributed by atoms with Gasteiger partial charge in [-0.2, -0.15) is 0 Å². The summed E-state index contributed by atoms with van der Waals surface area (Å²) in [5.74, 6) is 0. The van der Waals surface area contributed by atoms with Crippen molar-refractivity contribution in [3.05, 3.63) is 215 Å². The highest BCUT2D eigenvalue weighted by Gasteiger charge is 2.40. The summed E-state index contributed by atoms with van der Waals surface area (Å²) in [4.78, 5) is 0. The third-order valence-corrected chi connectivity index (χ3v) is 15.3. The molecule has 0 radical (unpaired) electrons. The topological polar surface area (TPSA) is 0 Å². The van der Waals surface area contributed by atoms with Crippen molar-refractivity contribution < 1.29 is 0 Å². The molecular weight excluding hydrogens is 790 g/mol. The molecule has 0 aliphatic carbocycles. The summed E-state index contributed by atoms with van der Waals surface area (Å²) >= 11 is 0. The van der Waals surface area contributed by atoms with Crippen LogP contribution >= 0.6 is 0 Å². The molecule has 0 atom stereocenters. The van der Waals surface area contributed by atoms with Crippen molar-refractivity contribution in [2.45, 2.75) is 41.5 Å². The maximum atomic E-state index is 2.62. The maximum absolute atomic E-state index is 2.62. The number of hydrogen-bond donors (Lipinski definition) is 0. The van der Waals surface area contributed by atoms with Crippen molar-refractivity contribution in [1.29, 1.82) is 0 Å². The summed E-state index contributed by atoms with van der Waals surface area (Å²) in [6, 6.07) is 70.0. The van der Waals surface area contributed by atoms with E-state index in [4.69, 9.17) is 0 Å². The van der Waals surface area contributed by atoms with Crippen LogP contribution in [0.15, 0.2) is 182 Å². The summed E-state index contributed by atoms with van der Waals surface area (Å²) in [6.07, 6.45) is 0. The lowest BCUT2D eigenvalue weighted by molar-refractivity contribution is 1.35. The van der Waals surface area contributed by atoms with Crippen LogP contribution in [-0.4, -0.2) is 13.4 Å². The first-order valence-corrected chi connectivity index (χ1v) is 23.6. The molecule has 0 nitrogen and oxygen atoms in total. The summed E-state index contributed by atoms with van der Waals surface area (Å²) in [7, 11) is 0. The molecule has 0 aromatic heterocycles. The van der Waals surface area contributed by atoms with Crippen LogP contribution in [0.1, 0.15) is 33.4 Å². The van der Waals surface area contributed by atoms with Crippen molar-refractivity contribution in [3.63, 3.8) is 0 Å². The number of fused-ring (bicyclic) bond motifs is 12. The molecule has 66 heavy (non-hydrogen) atoms. The average Bonchev–Trinajstić information content (AvgIpc) is 3.81. The van der Waals surface area contributed by atoms with Gasteiger partial charge in [0.1, 0.15) is 0 Å². The molecular formula is C64H48B2. The van der Waals surface area contributed by atoms with Crippen molar-refractivity contribution in [2.24, 2.45) is 0 Å². The van der Waals surface area contributed by atoms with E-state index in [0.717, 1.165) is 0 Å². The molecule has 0 N–H and O–H groups in total. The van der Waals surface area contributed by atoms with E-state index >= 15 is 0 Å². The molecule has 0 saturated carbocycles. The first-order valence-electron chi connectivity index (χ1n) is 23.6. The molecule has 13 rings (SSSR count). The highest BCUT2D eigenvalue weighted by Crippen LogP contribution is 2.47. The largest absolute Gasteiger partial charge is 0.243 e. The second-order valence-electron chi connectivity index (χ2n) is 19.4. The molecule has 2 aliphatic heterocycles. The summed E-state index contributed by atoms with van der Waals surface area (Å²) < 4.78 is 0. The fraction of sp³-hybridized carbons (Fsp3) is 0.0938. The molecule has 11 aromatic rings. The molecule has 0 bridgehead atoms. The van der Waals surface area contributed by atoms with Crippen LogP contribution in [0, 0.1) is 41.5 Å². The molecule has 0 spiro atoms. The number of benzene rings is 11. The Balaban J connectivity index is 1.23. The third-order valence-electron chi connectivity index (χ3n) is 15.3. The predicted octanol–water partition coefficient (Wildman–Crippen LogP) is 12.5. The van der Waals surface area contributed by atoms with E-state index in [9.17, 15) is 0 Å². The zero-order chi connectivity index (χ0) is 44.5. The van der Waals surface area contributed by atoms with Gasteiger partial charge >= 0.3 is 0 Å². The van der Waals surface area contributed by atoms with E-state index in [1.807, 2.05) is 0 Å². The van der Waals surface area contributed by atoms with E-state index in [1.165, 1.54) is 154 Å². The minimum absolute atomic E-state index is 0.101. The number of aryl methyl sites for hydroxylation is 6. The molecule has 0 fully saturated rings. The van der Waals surface area contributed by atoms with Gasteiger partial charge in [-0.1, -0.05) is 236 Å². The van der Waals surface area contributed by atoms with E-state index in [-0.39, 0.29) is 13.4 Å². The Morgan fingerprint density at radius 2 is 0.621 bits per heavy atom. The monoisotopic (exact) mass is 838 g/mol. The van der Waals surface area contributed by atoms with Crippen LogP contribution in [0.25, 0.3) is 87.6 Å². The second kappa shape index (κ2) is 14.5. The zero-order valence-corrected chi connectivity index (χ0v) is 38.5. The van der Waals surface area contributed by atoms with Gasteiger partial charge in [-0.3, -0.25) is 0 Å². The van der Waals surface area contributed by atoms with E-state index < -0.39 is 0 Å². The summed E-state index contributed by atoms with van der Waals surface area (Å²) in [6.45, 7) is 13.9. The Hall–Kier alpha value is -7.41. The average molecular weight is 839 g/mol. The van der Waals surface area contributed by atoms with Crippen LogP contribution in [0.5, 0.6) is 0 Å². The first kappa shape index (κ1) is 39.0. The smallest absolute Gasteiger partial charge is 0.0657 e. The standard InChI is InChI=1S/C64H48B2/c1-37-29-39(3)63(40(4)30-37)65-55-27-25-43-17-13-15-23-47(43)61(55)53-33-49-51(35-57(53)65)59(45-19-9-7-10-20-45)50-34-54-58(36-52(50)60(49)46-21-11-8-12-22-46)66(64-41(5)31-38(2)32-42(64)6)56-28-26-44-18-14-16-24-48(44)62(54)56/h7-36H,1-6H3. The van der Waals surface area contributed by atoms with Crippen molar-refractivity contribution in [2.75, 3.05) is 0 Å². The Bertz CT molecular complexity index is 3580. The van der Waals surface area contributed by atoms with Crippen molar-refractivity contribution in [3.8, 4) is 44.5 Å². The Kier molecular flexibility index (Phi) is 8.60. The normalized spacial score (nSPS) is 12.6. The van der Waals surface area contributed by atoms with Crippen LogP contribution in [0.2, 0.25) is 0 Å². The maximum Gasteiger partial charge on any atom is 0.243 e. The van der Waals surface area contributed by atoms with Gasteiger partial charge in [0.25, 0.3) is 0 Å². The minimum Gasteiger partial charge on any atom is -0.0657 e. The quantitative estimate of drug-likeness (QED) is 0.122. The first-order chi connectivity index (χ1) is 32.2. The molecule has 2 aliphatic rings. The Morgan fingerprint density at radius 3 is 1.02 bits per heavy atom. The molecule has 0 unspecified atom stereocenters. The third kappa shape index (κ3) is 5.61. The van der Waals surface area contributed by atoms with Gasteiger partial charge in [0, 0.05) is 0 Å². The van der Waals surface area contributed by atoms with Gasteiger partial charge in [0.05, 0.1) is 0 Å². The molecule has 11 aromatic carbocycles. The molecule has 0 amide bonds. The van der Waals surface area contributed by atoms with Gasteiger partial charge in [-0.25, -0.2) is 0 Å². The second-order valence-corrected chi connectivity index (χ2v) is 19.4. The predicted molar refractivity (Wildman–Crippen MR) is 289 cm³/mol. The fourth-order valence-electron chi connectivity index (χ4n) is 13.0. The van der Waals surface area contributed by atoms with Crippen LogP contribution in [-0.2, 0) is 0 Å². The molecule has 2 heteroatoms.